The zero-order valence-corrected chi connectivity index (χ0v) is 17.0. The van der Waals surface area contributed by atoms with Crippen molar-refractivity contribution in [2.75, 3.05) is 23.4 Å². The molecule has 1 aliphatic heterocycles. The highest BCUT2D eigenvalue weighted by Crippen LogP contribution is 2.38. The van der Waals surface area contributed by atoms with Gasteiger partial charge in [0, 0.05) is 18.3 Å². The SMILES string of the molecule is C=CCN1C(=O)C(C)(C)COc2cc(NC(=O)C(C)Oc3ccccc3)ccc21. The Labute approximate surface area is 171 Å². The highest BCUT2D eigenvalue weighted by molar-refractivity contribution is 6.00. The minimum atomic E-state index is -0.671. The predicted octanol–water partition coefficient (Wildman–Crippen LogP) is 4.03. The summed E-state index contributed by atoms with van der Waals surface area (Å²) in [6.07, 6.45) is 1.01. The molecule has 2 aromatic carbocycles. The van der Waals surface area contributed by atoms with Crippen molar-refractivity contribution in [3.05, 3.63) is 61.2 Å². The fourth-order valence-electron chi connectivity index (χ4n) is 3.04. The Kier molecular flexibility index (Phi) is 5.92. The number of hydrogen-bond acceptors (Lipinski definition) is 4. The van der Waals surface area contributed by atoms with Gasteiger partial charge in [-0.1, -0.05) is 24.3 Å². The quantitative estimate of drug-likeness (QED) is 0.751. The molecule has 0 aromatic heterocycles. The monoisotopic (exact) mass is 394 g/mol. The number of ether oxygens (including phenoxy) is 2. The summed E-state index contributed by atoms with van der Waals surface area (Å²) in [6.45, 7) is 9.76. The summed E-state index contributed by atoms with van der Waals surface area (Å²) in [6, 6.07) is 14.4. The number of fused-ring (bicyclic) bond motifs is 1. The van der Waals surface area contributed by atoms with Crippen LogP contribution in [0.5, 0.6) is 11.5 Å². The second-order valence-corrected chi connectivity index (χ2v) is 7.62. The Hall–Kier alpha value is -3.28. The maximum Gasteiger partial charge on any atom is 0.265 e. The normalized spacial score (nSPS) is 16.1. The fraction of sp³-hybridized carbons (Fsp3) is 0.304. The number of anilines is 2. The van der Waals surface area contributed by atoms with Gasteiger partial charge in [0.25, 0.3) is 5.91 Å². The summed E-state index contributed by atoms with van der Waals surface area (Å²) in [7, 11) is 0. The number of para-hydroxylation sites is 1. The summed E-state index contributed by atoms with van der Waals surface area (Å²) in [4.78, 5) is 27.0. The third-order valence-corrected chi connectivity index (χ3v) is 4.67. The van der Waals surface area contributed by atoms with Crippen molar-refractivity contribution in [1.82, 2.24) is 0 Å². The molecule has 0 saturated heterocycles. The lowest BCUT2D eigenvalue weighted by Gasteiger charge is -2.27. The number of hydrogen-bond donors (Lipinski definition) is 1. The van der Waals surface area contributed by atoms with Crippen molar-refractivity contribution in [2.45, 2.75) is 26.9 Å². The first-order valence-electron chi connectivity index (χ1n) is 9.54. The molecule has 6 nitrogen and oxygen atoms in total. The molecule has 2 amide bonds. The van der Waals surface area contributed by atoms with Gasteiger partial charge >= 0.3 is 0 Å². The van der Waals surface area contributed by atoms with E-state index in [9.17, 15) is 9.59 Å². The molecule has 0 saturated carbocycles. The lowest BCUT2D eigenvalue weighted by Crippen LogP contribution is -2.42. The van der Waals surface area contributed by atoms with Crippen LogP contribution in [-0.4, -0.2) is 31.1 Å². The summed E-state index contributed by atoms with van der Waals surface area (Å²) in [5.41, 5.74) is 0.568. The second-order valence-electron chi connectivity index (χ2n) is 7.62. The van der Waals surface area contributed by atoms with E-state index in [0.717, 1.165) is 0 Å². The standard InChI is InChI=1S/C23H26N2O4/c1-5-13-25-19-12-11-17(14-20(19)28-15-23(3,4)22(25)27)24-21(26)16(2)29-18-9-7-6-8-10-18/h5-12,14,16H,1,13,15H2,2-4H3,(H,24,26). The Morgan fingerprint density at radius 3 is 2.72 bits per heavy atom. The van der Waals surface area contributed by atoms with Crippen LogP contribution >= 0.6 is 0 Å². The average Bonchev–Trinajstić information content (AvgIpc) is 2.79. The Balaban J connectivity index is 1.78. The van der Waals surface area contributed by atoms with E-state index in [-0.39, 0.29) is 18.4 Å². The van der Waals surface area contributed by atoms with Crippen molar-refractivity contribution in [1.29, 1.82) is 0 Å². The number of rotatable bonds is 6. The highest BCUT2D eigenvalue weighted by atomic mass is 16.5. The zero-order chi connectivity index (χ0) is 21.0. The molecule has 1 atom stereocenters. The maximum atomic E-state index is 12.9. The molecule has 1 unspecified atom stereocenters. The number of nitrogens with one attached hydrogen (secondary N) is 1. The minimum Gasteiger partial charge on any atom is -0.490 e. The number of benzene rings is 2. The van der Waals surface area contributed by atoms with Crippen LogP contribution in [0, 0.1) is 5.41 Å². The lowest BCUT2D eigenvalue weighted by atomic mass is 9.93. The van der Waals surface area contributed by atoms with Crippen molar-refractivity contribution in [3.63, 3.8) is 0 Å². The van der Waals surface area contributed by atoms with E-state index < -0.39 is 11.5 Å². The van der Waals surface area contributed by atoms with Crippen LogP contribution in [0.25, 0.3) is 0 Å². The molecule has 2 aromatic rings. The summed E-state index contributed by atoms with van der Waals surface area (Å²) >= 11 is 0. The van der Waals surface area contributed by atoms with Gasteiger partial charge in [-0.3, -0.25) is 9.59 Å². The number of amides is 2. The second kappa shape index (κ2) is 8.39. The Morgan fingerprint density at radius 1 is 1.31 bits per heavy atom. The molecule has 3 rings (SSSR count). The smallest absolute Gasteiger partial charge is 0.265 e. The number of carbonyl (C=O) groups excluding carboxylic acids is 2. The summed E-state index contributed by atoms with van der Waals surface area (Å²) in [5, 5.41) is 2.84. The molecule has 1 aliphatic rings. The topological polar surface area (TPSA) is 67.9 Å². The van der Waals surface area contributed by atoms with E-state index in [4.69, 9.17) is 9.47 Å². The lowest BCUT2D eigenvalue weighted by molar-refractivity contribution is -0.127. The molecule has 0 bridgehead atoms. The van der Waals surface area contributed by atoms with Gasteiger partial charge in [0.1, 0.15) is 18.1 Å². The summed E-state index contributed by atoms with van der Waals surface area (Å²) < 4.78 is 11.6. The first-order chi connectivity index (χ1) is 13.8. The predicted molar refractivity (Wildman–Crippen MR) is 113 cm³/mol. The molecular formula is C23H26N2O4. The van der Waals surface area contributed by atoms with Gasteiger partial charge < -0.3 is 19.7 Å². The van der Waals surface area contributed by atoms with Crippen LogP contribution in [-0.2, 0) is 9.59 Å². The van der Waals surface area contributed by atoms with Crippen LogP contribution in [0.1, 0.15) is 20.8 Å². The van der Waals surface area contributed by atoms with E-state index in [1.54, 1.807) is 48.2 Å². The number of carbonyl (C=O) groups is 2. The molecule has 6 heteroatoms. The van der Waals surface area contributed by atoms with Crippen molar-refractivity contribution in [2.24, 2.45) is 5.41 Å². The maximum absolute atomic E-state index is 12.9. The van der Waals surface area contributed by atoms with Crippen LogP contribution in [0.3, 0.4) is 0 Å². The average molecular weight is 394 g/mol. The zero-order valence-electron chi connectivity index (χ0n) is 17.0. The fourth-order valence-corrected chi connectivity index (χ4v) is 3.04. The first-order valence-corrected chi connectivity index (χ1v) is 9.54. The highest BCUT2D eigenvalue weighted by Gasteiger charge is 2.37. The first kappa shape index (κ1) is 20.5. The molecular weight excluding hydrogens is 368 g/mol. The van der Waals surface area contributed by atoms with Crippen LogP contribution in [0.4, 0.5) is 11.4 Å². The molecule has 152 valence electrons. The van der Waals surface area contributed by atoms with Gasteiger partial charge in [0.15, 0.2) is 6.10 Å². The number of nitrogens with zero attached hydrogens (tertiary/aromatic N) is 1. The molecule has 1 heterocycles. The Bertz CT molecular complexity index is 908. The molecule has 0 spiro atoms. The van der Waals surface area contributed by atoms with Crippen molar-refractivity contribution < 1.29 is 19.1 Å². The van der Waals surface area contributed by atoms with Gasteiger partial charge in [-0.05, 0) is 45.0 Å². The van der Waals surface area contributed by atoms with Gasteiger partial charge in [-0.2, -0.15) is 0 Å². The van der Waals surface area contributed by atoms with Crippen LogP contribution < -0.4 is 19.7 Å². The molecule has 1 N–H and O–H groups in total. The third-order valence-electron chi connectivity index (χ3n) is 4.67. The van der Waals surface area contributed by atoms with E-state index in [1.807, 2.05) is 32.0 Å². The van der Waals surface area contributed by atoms with E-state index in [0.29, 0.717) is 29.4 Å². The van der Waals surface area contributed by atoms with Gasteiger partial charge in [-0.15, -0.1) is 6.58 Å². The van der Waals surface area contributed by atoms with E-state index >= 15 is 0 Å². The van der Waals surface area contributed by atoms with Gasteiger partial charge in [0.05, 0.1) is 11.1 Å². The molecule has 29 heavy (non-hydrogen) atoms. The Morgan fingerprint density at radius 2 is 2.03 bits per heavy atom. The van der Waals surface area contributed by atoms with Gasteiger partial charge in [0.2, 0.25) is 5.91 Å². The minimum absolute atomic E-state index is 0.0298. The molecule has 0 aliphatic carbocycles. The largest absolute Gasteiger partial charge is 0.490 e. The summed E-state index contributed by atoms with van der Waals surface area (Å²) in [5.74, 6) is 0.862. The van der Waals surface area contributed by atoms with E-state index in [2.05, 4.69) is 11.9 Å². The van der Waals surface area contributed by atoms with Crippen LogP contribution in [0.2, 0.25) is 0 Å². The molecule has 0 fully saturated rings. The van der Waals surface area contributed by atoms with Crippen molar-refractivity contribution >= 4 is 23.2 Å². The van der Waals surface area contributed by atoms with Gasteiger partial charge in [-0.25, -0.2) is 0 Å². The molecule has 0 radical (unpaired) electrons. The van der Waals surface area contributed by atoms with Crippen molar-refractivity contribution in [3.8, 4) is 11.5 Å². The van der Waals surface area contributed by atoms with E-state index in [1.165, 1.54) is 0 Å². The third kappa shape index (κ3) is 4.59. The van der Waals surface area contributed by atoms with Crippen LogP contribution in [0.15, 0.2) is 61.2 Å².